The van der Waals surface area contributed by atoms with Crippen molar-refractivity contribution in [3.05, 3.63) is 54.1 Å². The van der Waals surface area contributed by atoms with E-state index in [9.17, 15) is 0 Å². The fourth-order valence-corrected chi connectivity index (χ4v) is 1.99. The van der Waals surface area contributed by atoms with E-state index in [-0.39, 0.29) is 0 Å². The zero-order valence-corrected chi connectivity index (χ0v) is 9.40. The molecule has 2 aromatic rings. The maximum absolute atomic E-state index is 6.04. The zero-order valence-electron chi connectivity index (χ0n) is 9.40. The van der Waals surface area contributed by atoms with Gasteiger partial charge < -0.3 is 5.73 Å². The molecule has 2 aromatic carbocycles. The van der Waals surface area contributed by atoms with E-state index in [1.165, 1.54) is 0 Å². The molecule has 0 aliphatic heterocycles. The number of allylic oxidation sites excluding steroid dienone is 1. The summed E-state index contributed by atoms with van der Waals surface area (Å²) < 4.78 is 0. The Morgan fingerprint density at radius 2 is 1.88 bits per heavy atom. The minimum atomic E-state index is 0.814. The Balaban J connectivity index is 2.89. The highest BCUT2D eigenvalue weighted by molar-refractivity contribution is 6.01. The molecule has 1 nitrogen and oxygen atoms in total. The highest BCUT2D eigenvalue weighted by Gasteiger charge is 2.05. The summed E-state index contributed by atoms with van der Waals surface area (Å²) in [5.74, 6) is 0. The van der Waals surface area contributed by atoms with E-state index in [4.69, 9.17) is 5.73 Å². The van der Waals surface area contributed by atoms with E-state index in [0.29, 0.717) is 0 Å². The van der Waals surface area contributed by atoms with Crippen molar-refractivity contribution in [3.63, 3.8) is 0 Å². The third-order valence-corrected chi connectivity index (χ3v) is 2.70. The van der Waals surface area contributed by atoms with E-state index >= 15 is 0 Å². The van der Waals surface area contributed by atoms with Crippen LogP contribution in [0.1, 0.15) is 18.1 Å². The van der Waals surface area contributed by atoms with E-state index < -0.39 is 0 Å². The topological polar surface area (TPSA) is 26.0 Å². The molecule has 0 atom stereocenters. The number of nitrogen functional groups attached to an aromatic ring is 1. The number of fused-ring (bicyclic) bond motifs is 1. The van der Waals surface area contributed by atoms with Crippen molar-refractivity contribution in [3.8, 4) is 0 Å². The maximum atomic E-state index is 6.04. The van der Waals surface area contributed by atoms with Gasteiger partial charge in [0.05, 0.1) is 0 Å². The van der Waals surface area contributed by atoms with Gasteiger partial charge in [-0.15, -0.1) is 0 Å². The summed E-state index contributed by atoms with van der Waals surface area (Å²) in [7, 11) is 0. The molecule has 16 heavy (non-hydrogen) atoms. The number of nitrogens with two attached hydrogens (primary N) is 1. The Hall–Kier alpha value is -2.02. The van der Waals surface area contributed by atoms with Gasteiger partial charge in [0.25, 0.3) is 0 Å². The molecule has 0 heterocycles. The second-order valence-electron chi connectivity index (χ2n) is 3.72. The summed E-state index contributed by atoms with van der Waals surface area (Å²) in [6, 6.07) is 10.1. The van der Waals surface area contributed by atoms with Crippen LogP contribution in [0.25, 0.3) is 22.9 Å². The van der Waals surface area contributed by atoms with E-state index in [1.54, 1.807) is 0 Å². The average Bonchev–Trinajstić information content (AvgIpc) is 2.30. The molecule has 0 saturated carbocycles. The number of benzene rings is 2. The predicted octanol–water partition coefficient (Wildman–Crippen LogP) is 4.10. The molecule has 1 heteroatoms. The third-order valence-electron chi connectivity index (χ3n) is 2.70. The molecule has 0 aliphatic rings. The smallest absolute Gasteiger partial charge is 0.0400 e. The van der Waals surface area contributed by atoms with Gasteiger partial charge >= 0.3 is 0 Å². The van der Waals surface area contributed by atoms with Crippen molar-refractivity contribution in [2.24, 2.45) is 0 Å². The summed E-state index contributed by atoms with van der Waals surface area (Å²) in [6.45, 7) is 5.88. The van der Waals surface area contributed by atoms with Crippen LogP contribution in [0.4, 0.5) is 5.69 Å². The summed E-state index contributed by atoms with van der Waals surface area (Å²) in [4.78, 5) is 0. The van der Waals surface area contributed by atoms with Crippen molar-refractivity contribution >= 4 is 28.6 Å². The molecule has 0 saturated heterocycles. The summed E-state index contributed by atoms with van der Waals surface area (Å²) in [5.41, 5.74) is 9.12. The maximum Gasteiger partial charge on any atom is 0.0400 e. The number of hydrogen-bond acceptors (Lipinski definition) is 1. The number of rotatable bonds is 2. The van der Waals surface area contributed by atoms with Gasteiger partial charge in [-0.05, 0) is 29.5 Å². The molecule has 0 aromatic heterocycles. The lowest BCUT2D eigenvalue weighted by atomic mass is 9.97. The Labute approximate surface area is 95.9 Å². The molecule has 0 radical (unpaired) electrons. The van der Waals surface area contributed by atoms with Crippen molar-refractivity contribution in [2.45, 2.75) is 6.92 Å². The van der Waals surface area contributed by atoms with Crippen molar-refractivity contribution in [1.82, 2.24) is 0 Å². The molecule has 80 valence electrons. The number of hydrogen-bond donors (Lipinski definition) is 1. The van der Waals surface area contributed by atoms with Crippen LogP contribution in [0, 0.1) is 0 Å². The van der Waals surface area contributed by atoms with Gasteiger partial charge in [-0.2, -0.15) is 0 Å². The summed E-state index contributed by atoms with van der Waals surface area (Å²) >= 11 is 0. The molecular weight excluding hydrogens is 194 g/mol. The standard InChI is InChI=1S/C15H15N/c1-3-7-11-10-15(16)14-9-6-5-8-13(14)12(11)4-2/h3-10H,2,16H2,1H3/b7-3-. The highest BCUT2D eigenvalue weighted by atomic mass is 14.6. The minimum Gasteiger partial charge on any atom is -0.398 e. The second kappa shape index (κ2) is 4.23. The van der Waals surface area contributed by atoms with Crippen LogP contribution in [0.3, 0.4) is 0 Å². The SMILES string of the molecule is C=Cc1c(/C=C\C)cc(N)c2ccccc12. The number of anilines is 1. The Morgan fingerprint density at radius 1 is 1.19 bits per heavy atom. The average molecular weight is 209 g/mol. The monoisotopic (exact) mass is 209 g/mol. The third kappa shape index (κ3) is 1.61. The summed E-state index contributed by atoms with van der Waals surface area (Å²) in [6.07, 6.45) is 5.95. The van der Waals surface area contributed by atoms with Gasteiger partial charge in [-0.3, -0.25) is 0 Å². The lowest BCUT2D eigenvalue weighted by molar-refractivity contribution is 1.64. The molecule has 0 aliphatic carbocycles. The first-order valence-electron chi connectivity index (χ1n) is 5.34. The fraction of sp³-hybridized carbons (Fsp3) is 0.0667. The zero-order chi connectivity index (χ0) is 11.5. The van der Waals surface area contributed by atoms with Crippen LogP contribution in [0.5, 0.6) is 0 Å². The molecule has 0 unspecified atom stereocenters. The molecule has 2 rings (SSSR count). The van der Waals surface area contributed by atoms with Gasteiger partial charge in [0.15, 0.2) is 0 Å². The van der Waals surface area contributed by atoms with Crippen molar-refractivity contribution < 1.29 is 0 Å². The minimum absolute atomic E-state index is 0.814. The van der Waals surface area contributed by atoms with Crippen LogP contribution in [0.15, 0.2) is 43.0 Å². The second-order valence-corrected chi connectivity index (χ2v) is 3.72. The van der Waals surface area contributed by atoms with E-state index in [2.05, 4.69) is 18.7 Å². The molecule has 0 amide bonds. The first-order valence-corrected chi connectivity index (χ1v) is 5.34. The van der Waals surface area contributed by atoms with Gasteiger partial charge in [0.2, 0.25) is 0 Å². The molecule has 0 spiro atoms. The van der Waals surface area contributed by atoms with Crippen molar-refractivity contribution in [1.29, 1.82) is 0 Å². The van der Waals surface area contributed by atoms with Gasteiger partial charge in [0.1, 0.15) is 0 Å². The molecular formula is C15H15N. The van der Waals surface area contributed by atoms with Gasteiger partial charge in [-0.1, -0.05) is 49.1 Å². The van der Waals surface area contributed by atoms with E-state index in [0.717, 1.165) is 27.6 Å². The Kier molecular flexibility index (Phi) is 2.78. The lowest BCUT2D eigenvalue weighted by Crippen LogP contribution is -1.92. The normalized spacial score (nSPS) is 11.1. The van der Waals surface area contributed by atoms with Crippen LogP contribution < -0.4 is 5.73 Å². The van der Waals surface area contributed by atoms with Crippen molar-refractivity contribution in [2.75, 3.05) is 5.73 Å². The van der Waals surface area contributed by atoms with Gasteiger partial charge in [-0.25, -0.2) is 0 Å². The predicted molar refractivity (Wildman–Crippen MR) is 73.2 cm³/mol. The highest BCUT2D eigenvalue weighted by Crippen LogP contribution is 2.29. The Morgan fingerprint density at radius 3 is 2.50 bits per heavy atom. The molecule has 2 N–H and O–H groups in total. The first kappa shape index (κ1) is 10.5. The Bertz CT molecular complexity index is 565. The summed E-state index contributed by atoms with van der Waals surface area (Å²) in [5, 5.41) is 2.25. The van der Waals surface area contributed by atoms with Crippen LogP contribution in [0.2, 0.25) is 0 Å². The van der Waals surface area contributed by atoms with Crippen LogP contribution in [-0.2, 0) is 0 Å². The quantitative estimate of drug-likeness (QED) is 0.740. The fourth-order valence-electron chi connectivity index (χ4n) is 1.99. The van der Waals surface area contributed by atoms with Gasteiger partial charge in [0, 0.05) is 11.1 Å². The lowest BCUT2D eigenvalue weighted by Gasteiger charge is -2.09. The molecule has 0 fully saturated rings. The first-order chi connectivity index (χ1) is 7.77. The molecule has 0 bridgehead atoms. The van der Waals surface area contributed by atoms with E-state index in [1.807, 2.05) is 43.3 Å². The largest absolute Gasteiger partial charge is 0.398 e. The van der Waals surface area contributed by atoms with Crippen LogP contribution in [-0.4, -0.2) is 0 Å². The van der Waals surface area contributed by atoms with Crippen LogP contribution >= 0.6 is 0 Å².